The summed E-state index contributed by atoms with van der Waals surface area (Å²) in [5.74, 6) is -0.0420. The highest BCUT2D eigenvalue weighted by Crippen LogP contribution is 2.33. The zero-order valence-corrected chi connectivity index (χ0v) is 14.1. The molecular formula is C20H16N4O2. The van der Waals surface area contributed by atoms with Crippen LogP contribution in [0.2, 0.25) is 0 Å². The Kier molecular flexibility index (Phi) is 3.85. The van der Waals surface area contributed by atoms with Gasteiger partial charge in [0, 0.05) is 18.6 Å². The number of fused-ring (bicyclic) bond motifs is 1. The average molecular weight is 344 g/mol. The van der Waals surface area contributed by atoms with E-state index in [2.05, 4.69) is 15.4 Å². The van der Waals surface area contributed by atoms with E-state index in [9.17, 15) is 9.59 Å². The number of rotatable bonds is 3. The maximum atomic E-state index is 12.5. The molecule has 4 aromatic rings. The van der Waals surface area contributed by atoms with Gasteiger partial charge in [0.15, 0.2) is 5.65 Å². The summed E-state index contributed by atoms with van der Waals surface area (Å²) in [6.07, 6.45) is 0. The summed E-state index contributed by atoms with van der Waals surface area (Å²) in [4.78, 5) is 28.4. The van der Waals surface area contributed by atoms with Gasteiger partial charge in [-0.1, -0.05) is 60.7 Å². The first-order chi connectivity index (χ1) is 12.6. The molecule has 0 aliphatic heterocycles. The van der Waals surface area contributed by atoms with Crippen molar-refractivity contribution in [3.63, 3.8) is 0 Å². The van der Waals surface area contributed by atoms with E-state index in [1.807, 2.05) is 60.7 Å². The normalized spacial score (nSPS) is 10.8. The molecule has 0 saturated heterocycles. The standard InChI is InChI=1S/C20H16N4O2/c1-13(25)21-16-12-17(26)24-20(22-16)18(14-8-4-2-5-9-14)19(23-24)15-10-6-3-7-11-15/h2-12,23H,1H3,(H,21,25). The van der Waals surface area contributed by atoms with E-state index >= 15 is 0 Å². The van der Waals surface area contributed by atoms with Gasteiger partial charge in [0.2, 0.25) is 5.91 Å². The largest absolute Gasteiger partial charge is 0.311 e. The lowest BCUT2D eigenvalue weighted by Crippen LogP contribution is -2.17. The second kappa shape index (κ2) is 6.33. The van der Waals surface area contributed by atoms with Crippen molar-refractivity contribution in [2.24, 2.45) is 0 Å². The van der Waals surface area contributed by atoms with E-state index in [4.69, 9.17) is 0 Å². The number of H-pyrrole nitrogens is 1. The summed E-state index contributed by atoms with van der Waals surface area (Å²) in [7, 11) is 0. The van der Waals surface area contributed by atoms with Crippen LogP contribution < -0.4 is 10.9 Å². The minimum absolute atomic E-state index is 0.235. The lowest BCUT2D eigenvalue weighted by Gasteiger charge is -2.05. The fourth-order valence-electron chi connectivity index (χ4n) is 2.97. The van der Waals surface area contributed by atoms with E-state index in [0.29, 0.717) is 5.65 Å². The molecule has 26 heavy (non-hydrogen) atoms. The summed E-state index contributed by atoms with van der Waals surface area (Å²) in [6.45, 7) is 1.38. The van der Waals surface area contributed by atoms with Crippen molar-refractivity contribution in [2.45, 2.75) is 6.92 Å². The third-order valence-corrected chi connectivity index (χ3v) is 4.04. The number of carbonyl (C=O) groups excluding carboxylic acids is 1. The molecule has 0 unspecified atom stereocenters. The van der Waals surface area contributed by atoms with Crippen LogP contribution in [-0.4, -0.2) is 20.5 Å². The fourth-order valence-corrected chi connectivity index (χ4v) is 2.97. The van der Waals surface area contributed by atoms with E-state index < -0.39 is 0 Å². The highest BCUT2D eigenvalue weighted by molar-refractivity contribution is 5.92. The van der Waals surface area contributed by atoms with Crippen molar-refractivity contribution in [3.05, 3.63) is 77.1 Å². The summed E-state index contributed by atoms with van der Waals surface area (Å²) >= 11 is 0. The molecule has 0 fully saturated rings. The Morgan fingerprint density at radius 2 is 1.62 bits per heavy atom. The van der Waals surface area contributed by atoms with Crippen LogP contribution in [0.4, 0.5) is 5.82 Å². The molecule has 0 spiro atoms. The number of nitrogens with one attached hydrogen (secondary N) is 2. The second-order valence-corrected chi connectivity index (χ2v) is 5.91. The Balaban J connectivity index is 2.07. The third-order valence-electron chi connectivity index (χ3n) is 4.04. The van der Waals surface area contributed by atoms with Gasteiger partial charge in [0.1, 0.15) is 5.82 Å². The number of anilines is 1. The van der Waals surface area contributed by atoms with Gasteiger partial charge in [-0.3, -0.25) is 14.7 Å². The van der Waals surface area contributed by atoms with E-state index in [1.54, 1.807) is 0 Å². The van der Waals surface area contributed by atoms with Crippen LogP contribution in [0.1, 0.15) is 6.92 Å². The Morgan fingerprint density at radius 1 is 1.00 bits per heavy atom. The van der Waals surface area contributed by atoms with Gasteiger partial charge in [-0.15, -0.1) is 0 Å². The van der Waals surface area contributed by atoms with Gasteiger partial charge in [0.05, 0.1) is 11.3 Å². The van der Waals surface area contributed by atoms with E-state index in [0.717, 1.165) is 22.4 Å². The first kappa shape index (κ1) is 15.8. The minimum atomic E-state index is -0.293. The van der Waals surface area contributed by atoms with Crippen LogP contribution in [0, 0.1) is 0 Å². The summed E-state index contributed by atoms with van der Waals surface area (Å²) in [5, 5.41) is 5.74. The van der Waals surface area contributed by atoms with Crippen LogP contribution in [0.3, 0.4) is 0 Å². The molecule has 0 bridgehead atoms. The van der Waals surface area contributed by atoms with Gasteiger partial charge in [0.25, 0.3) is 5.56 Å². The molecule has 0 atom stereocenters. The van der Waals surface area contributed by atoms with Crippen molar-refractivity contribution in [3.8, 4) is 22.4 Å². The highest BCUT2D eigenvalue weighted by Gasteiger charge is 2.18. The molecular weight excluding hydrogens is 328 g/mol. The molecule has 6 nitrogen and oxygen atoms in total. The lowest BCUT2D eigenvalue weighted by atomic mass is 10.0. The summed E-state index contributed by atoms with van der Waals surface area (Å²) in [5.41, 5.74) is 3.64. The van der Waals surface area contributed by atoms with Crippen LogP contribution in [0.25, 0.3) is 28.0 Å². The van der Waals surface area contributed by atoms with Crippen LogP contribution >= 0.6 is 0 Å². The zero-order chi connectivity index (χ0) is 18.1. The smallest absolute Gasteiger partial charge is 0.274 e. The predicted octanol–water partition coefficient (Wildman–Crippen LogP) is 3.32. The maximum absolute atomic E-state index is 12.5. The van der Waals surface area contributed by atoms with Crippen molar-refractivity contribution in [1.29, 1.82) is 0 Å². The number of amides is 1. The quantitative estimate of drug-likeness (QED) is 0.598. The molecule has 0 radical (unpaired) electrons. The molecule has 4 rings (SSSR count). The molecule has 0 saturated carbocycles. The van der Waals surface area contributed by atoms with Gasteiger partial charge in [-0.2, -0.15) is 0 Å². The topological polar surface area (TPSA) is 79.3 Å². The monoisotopic (exact) mass is 344 g/mol. The van der Waals surface area contributed by atoms with E-state index in [1.165, 1.54) is 17.5 Å². The molecule has 0 aliphatic rings. The van der Waals surface area contributed by atoms with Gasteiger partial charge < -0.3 is 5.32 Å². The molecule has 6 heteroatoms. The Labute approximate surface area is 149 Å². The van der Waals surface area contributed by atoms with Crippen molar-refractivity contribution < 1.29 is 4.79 Å². The number of hydrogen-bond acceptors (Lipinski definition) is 3. The van der Waals surface area contributed by atoms with Gasteiger partial charge in [-0.25, -0.2) is 9.50 Å². The number of nitrogens with zero attached hydrogens (tertiary/aromatic N) is 2. The number of aromatic nitrogens is 3. The Morgan fingerprint density at radius 3 is 2.23 bits per heavy atom. The third kappa shape index (κ3) is 2.77. The van der Waals surface area contributed by atoms with Gasteiger partial charge in [-0.05, 0) is 5.56 Å². The minimum Gasteiger partial charge on any atom is -0.311 e. The molecule has 1 amide bonds. The molecule has 2 heterocycles. The molecule has 2 N–H and O–H groups in total. The Hall–Kier alpha value is -3.67. The molecule has 2 aromatic heterocycles. The van der Waals surface area contributed by atoms with Gasteiger partial charge >= 0.3 is 0 Å². The second-order valence-electron chi connectivity index (χ2n) is 5.91. The highest BCUT2D eigenvalue weighted by atomic mass is 16.1. The van der Waals surface area contributed by atoms with Crippen LogP contribution in [-0.2, 0) is 4.79 Å². The Bertz CT molecular complexity index is 1150. The van der Waals surface area contributed by atoms with Crippen molar-refractivity contribution in [1.82, 2.24) is 14.6 Å². The first-order valence-electron chi connectivity index (χ1n) is 8.17. The average Bonchev–Trinajstić information content (AvgIpc) is 3.02. The molecule has 2 aromatic carbocycles. The number of hydrogen-bond donors (Lipinski definition) is 2. The number of benzene rings is 2. The zero-order valence-electron chi connectivity index (χ0n) is 14.1. The predicted molar refractivity (Wildman–Crippen MR) is 101 cm³/mol. The molecule has 128 valence electrons. The van der Waals surface area contributed by atoms with Crippen LogP contribution in [0.5, 0.6) is 0 Å². The molecule has 0 aliphatic carbocycles. The van der Waals surface area contributed by atoms with Crippen molar-refractivity contribution >= 4 is 17.4 Å². The van der Waals surface area contributed by atoms with Crippen LogP contribution in [0.15, 0.2) is 71.5 Å². The SMILES string of the molecule is CC(=O)Nc1cc(=O)n2[nH]c(-c3ccccc3)c(-c3ccccc3)c2n1. The maximum Gasteiger partial charge on any atom is 0.274 e. The number of aromatic amines is 1. The van der Waals surface area contributed by atoms with Crippen molar-refractivity contribution in [2.75, 3.05) is 5.32 Å². The van der Waals surface area contributed by atoms with E-state index in [-0.39, 0.29) is 17.3 Å². The summed E-state index contributed by atoms with van der Waals surface area (Å²) < 4.78 is 1.40. The first-order valence-corrected chi connectivity index (χ1v) is 8.17. The number of carbonyl (C=O) groups is 1. The fraction of sp³-hybridized carbons (Fsp3) is 0.0500. The summed E-state index contributed by atoms with van der Waals surface area (Å²) in [6, 6.07) is 20.8. The lowest BCUT2D eigenvalue weighted by molar-refractivity contribution is -0.114.